The number of rotatable bonds is 5. The van der Waals surface area contributed by atoms with Crippen molar-refractivity contribution in [2.45, 2.75) is 32.1 Å². The molecule has 9 heteroatoms. The topological polar surface area (TPSA) is 74.2 Å². The molecule has 3 aromatic carbocycles. The zero-order valence-electron chi connectivity index (χ0n) is 22.8. The lowest BCUT2D eigenvalue weighted by Crippen LogP contribution is -2.33. The largest absolute Gasteiger partial charge is 0.495 e. The molecule has 1 spiro atoms. The van der Waals surface area contributed by atoms with Gasteiger partial charge in [-0.3, -0.25) is 9.59 Å². The van der Waals surface area contributed by atoms with Gasteiger partial charge in [0.15, 0.2) is 0 Å². The van der Waals surface area contributed by atoms with Crippen molar-refractivity contribution in [1.82, 2.24) is 5.01 Å². The Morgan fingerprint density at radius 1 is 1.07 bits per heavy atom. The molecule has 1 aliphatic carbocycles. The Labute approximate surface area is 238 Å². The summed E-state index contributed by atoms with van der Waals surface area (Å²) < 4.78 is 19.2. The van der Waals surface area contributed by atoms with Gasteiger partial charge in [0.25, 0.3) is 11.8 Å². The van der Waals surface area contributed by atoms with E-state index in [0.29, 0.717) is 23.5 Å². The Balaban J connectivity index is 1.40. The summed E-state index contributed by atoms with van der Waals surface area (Å²) in [5, 5.41) is 9.39. The van der Waals surface area contributed by atoms with E-state index >= 15 is 0 Å². The summed E-state index contributed by atoms with van der Waals surface area (Å²) >= 11 is 6.10. The van der Waals surface area contributed by atoms with Crippen molar-refractivity contribution in [2.75, 3.05) is 38.0 Å². The lowest BCUT2D eigenvalue weighted by atomic mass is 9.78. The molecule has 2 aliphatic rings. The Kier molecular flexibility index (Phi) is 7.81. The van der Waals surface area contributed by atoms with E-state index in [2.05, 4.69) is 11.4 Å². The first-order valence-corrected chi connectivity index (χ1v) is 13.6. The molecule has 0 radical (unpaired) electrons. The van der Waals surface area contributed by atoms with Gasteiger partial charge in [0.05, 0.1) is 23.4 Å². The fourth-order valence-electron chi connectivity index (χ4n) is 5.79. The molecule has 0 aromatic heterocycles. The third-order valence-electron chi connectivity index (χ3n) is 7.69. The Hall–Kier alpha value is -3.91. The molecule has 40 heavy (non-hydrogen) atoms. The van der Waals surface area contributed by atoms with Gasteiger partial charge in [0.2, 0.25) is 0 Å². The molecule has 0 saturated heterocycles. The third-order valence-corrected chi connectivity index (χ3v) is 8.02. The van der Waals surface area contributed by atoms with Crippen LogP contribution in [0.1, 0.15) is 52.0 Å². The lowest BCUT2D eigenvalue weighted by Gasteiger charge is -2.27. The van der Waals surface area contributed by atoms with Crippen molar-refractivity contribution < 1.29 is 18.7 Å². The van der Waals surface area contributed by atoms with Crippen LogP contribution in [0.2, 0.25) is 5.02 Å². The highest BCUT2D eigenvalue weighted by molar-refractivity contribution is 6.34. The smallest absolute Gasteiger partial charge is 0.258 e. The summed E-state index contributed by atoms with van der Waals surface area (Å²) in [4.78, 5) is 28.6. The van der Waals surface area contributed by atoms with Crippen LogP contribution in [0.3, 0.4) is 0 Å². The molecule has 5 rings (SSSR count). The molecule has 208 valence electrons. The number of nitrogens with one attached hydrogen (secondary N) is 1. The number of methoxy groups -OCH3 is 1. The molecule has 1 atom stereocenters. The second-order valence-corrected chi connectivity index (χ2v) is 11.1. The van der Waals surface area contributed by atoms with E-state index in [-0.39, 0.29) is 21.9 Å². The summed E-state index contributed by atoms with van der Waals surface area (Å²) in [6.45, 7) is 0.587. The summed E-state index contributed by atoms with van der Waals surface area (Å²) in [5.74, 6) is -0.983. The quantitative estimate of drug-likeness (QED) is 0.364. The van der Waals surface area contributed by atoms with Crippen LogP contribution in [0.15, 0.2) is 65.8 Å². The summed E-state index contributed by atoms with van der Waals surface area (Å²) in [5.41, 5.74) is 4.14. The number of benzene rings is 3. The van der Waals surface area contributed by atoms with Crippen LogP contribution in [-0.2, 0) is 6.42 Å². The van der Waals surface area contributed by atoms with Gasteiger partial charge in [-0.05, 0) is 85.5 Å². The highest BCUT2D eigenvalue weighted by atomic mass is 35.5. The van der Waals surface area contributed by atoms with Gasteiger partial charge in [0.1, 0.15) is 11.6 Å². The van der Waals surface area contributed by atoms with E-state index in [1.807, 2.05) is 42.2 Å². The molecule has 0 bridgehead atoms. The number of hydrogen-bond acceptors (Lipinski definition) is 5. The summed E-state index contributed by atoms with van der Waals surface area (Å²) in [7, 11) is 5.36. The van der Waals surface area contributed by atoms with Crippen molar-refractivity contribution in [3.05, 3.63) is 88.2 Å². The molecular weight excluding hydrogens is 531 g/mol. The second-order valence-electron chi connectivity index (χ2n) is 10.7. The van der Waals surface area contributed by atoms with Gasteiger partial charge in [-0.2, -0.15) is 5.10 Å². The van der Waals surface area contributed by atoms with E-state index in [1.54, 1.807) is 18.2 Å². The van der Waals surface area contributed by atoms with Crippen molar-refractivity contribution in [1.29, 1.82) is 0 Å². The Morgan fingerprint density at radius 3 is 2.65 bits per heavy atom. The van der Waals surface area contributed by atoms with Gasteiger partial charge in [-0.25, -0.2) is 4.39 Å². The number of halogens is 2. The molecule has 7 nitrogen and oxygen atoms in total. The number of para-hydroxylation sites is 1. The standard InChI is InChI=1S/C31H32ClFN4O3/c1-36(2)35-23-12-13-31(19-23)14-15-37(27-7-5-4-6-21(27)18-31)30(39)20-8-11-26(28(16-20)40-3)34-29(38)24-17-22(33)9-10-25(24)32/h4-11,16-17H,12-15,18-19H2,1-3H3,(H,34,38)/b35-23+/t31-/m0/s1. The number of hydrazone groups is 1. The molecule has 1 heterocycles. The SMILES string of the molecule is COc1cc(C(=O)N2CC[C@@]3(CC/C(=N\N(C)C)C3)Cc3ccccc32)ccc1NC(=O)c1cc(F)ccc1Cl. The van der Waals surface area contributed by atoms with Crippen LogP contribution in [-0.4, -0.2) is 50.3 Å². The Morgan fingerprint density at radius 2 is 1.88 bits per heavy atom. The zero-order valence-corrected chi connectivity index (χ0v) is 23.6. The highest BCUT2D eigenvalue weighted by Gasteiger charge is 2.41. The minimum absolute atomic E-state index is 0.00433. The number of hydrogen-bond donors (Lipinski definition) is 1. The first-order valence-electron chi connectivity index (χ1n) is 13.3. The number of anilines is 2. The predicted molar refractivity (Wildman–Crippen MR) is 156 cm³/mol. The highest BCUT2D eigenvalue weighted by Crippen LogP contribution is 2.46. The van der Waals surface area contributed by atoms with E-state index in [1.165, 1.54) is 25.0 Å². The predicted octanol–water partition coefficient (Wildman–Crippen LogP) is 6.42. The number of carbonyl (C=O) groups excluding carboxylic acids is 2. The van der Waals surface area contributed by atoms with E-state index in [0.717, 1.165) is 49.4 Å². The minimum atomic E-state index is -0.581. The van der Waals surface area contributed by atoms with Crippen molar-refractivity contribution in [2.24, 2.45) is 10.5 Å². The number of ether oxygens (including phenoxy) is 1. The fraction of sp³-hybridized carbons (Fsp3) is 0.323. The van der Waals surface area contributed by atoms with E-state index in [9.17, 15) is 14.0 Å². The monoisotopic (exact) mass is 562 g/mol. The molecule has 1 saturated carbocycles. The van der Waals surface area contributed by atoms with Crippen LogP contribution in [0.5, 0.6) is 5.75 Å². The van der Waals surface area contributed by atoms with Crippen LogP contribution in [0, 0.1) is 11.2 Å². The molecule has 2 amide bonds. The zero-order chi connectivity index (χ0) is 28.4. The van der Waals surface area contributed by atoms with Crippen molar-refractivity contribution in [3.63, 3.8) is 0 Å². The van der Waals surface area contributed by atoms with Crippen LogP contribution >= 0.6 is 11.6 Å². The first kappa shape index (κ1) is 27.6. The molecular formula is C31H32ClFN4O3. The van der Waals surface area contributed by atoms with E-state index < -0.39 is 11.7 Å². The maximum absolute atomic E-state index is 13.9. The lowest BCUT2D eigenvalue weighted by molar-refractivity contribution is 0.0983. The molecule has 0 unspecified atom stereocenters. The number of nitrogens with zero attached hydrogens (tertiary/aromatic N) is 3. The summed E-state index contributed by atoms with van der Waals surface area (Å²) in [6.07, 6.45) is 4.72. The summed E-state index contributed by atoms with van der Waals surface area (Å²) in [6, 6.07) is 16.6. The molecule has 3 aromatic rings. The van der Waals surface area contributed by atoms with Gasteiger partial charge in [0, 0.05) is 37.6 Å². The molecule has 1 aliphatic heterocycles. The van der Waals surface area contributed by atoms with Crippen molar-refractivity contribution >= 4 is 40.5 Å². The number of fused-ring (bicyclic) bond motifs is 1. The maximum Gasteiger partial charge on any atom is 0.258 e. The Bertz CT molecular complexity index is 1490. The van der Waals surface area contributed by atoms with Crippen LogP contribution in [0.25, 0.3) is 0 Å². The molecule has 1 fully saturated rings. The normalized spacial score (nSPS) is 19.3. The fourth-order valence-corrected chi connectivity index (χ4v) is 6.00. The third kappa shape index (κ3) is 5.68. The van der Waals surface area contributed by atoms with E-state index in [4.69, 9.17) is 21.4 Å². The van der Waals surface area contributed by atoms with Gasteiger partial charge < -0.3 is 20.0 Å². The number of amides is 2. The van der Waals surface area contributed by atoms with Gasteiger partial charge >= 0.3 is 0 Å². The average Bonchev–Trinajstić information content (AvgIpc) is 3.23. The van der Waals surface area contributed by atoms with Crippen molar-refractivity contribution in [3.8, 4) is 5.75 Å². The average molecular weight is 563 g/mol. The maximum atomic E-state index is 13.9. The molecule has 1 N–H and O–H groups in total. The van der Waals surface area contributed by atoms with Gasteiger partial charge in [-0.15, -0.1) is 0 Å². The van der Waals surface area contributed by atoms with Gasteiger partial charge in [-0.1, -0.05) is 29.8 Å². The minimum Gasteiger partial charge on any atom is -0.495 e. The number of carbonyl (C=O) groups is 2. The first-order chi connectivity index (χ1) is 19.2. The van der Waals surface area contributed by atoms with Crippen LogP contribution < -0.4 is 15.0 Å². The van der Waals surface area contributed by atoms with Crippen LogP contribution in [0.4, 0.5) is 15.8 Å². The second kappa shape index (κ2) is 11.3.